The molecule has 0 spiro atoms. The number of nitrogens with one attached hydrogen (secondary N) is 1. The lowest BCUT2D eigenvalue weighted by Crippen LogP contribution is -2.16. The first-order valence-corrected chi connectivity index (χ1v) is 7.21. The Labute approximate surface area is 139 Å². The third kappa shape index (κ3) is 4.05. The molecule has 0 aromatic heterocycles. The van der Waals surface area contributed by atoms with Gasteiger partial charge in [0.05, 0.1) is 4.92 Å². The van der Waals surface area contributed by atoms with E-state index in [1.54, 1.807) is 6.92 Å². The standard InChI is InChI=1S/C18H15N3O3/c1-13(20-12-14-6-3-2-4-7-14)17(11-19)18(22)15-8-5-9-16(10-15)21(23)24/h2-10,20H,12H2,1H3/b17-13-. The first kappa shape index (κ1) is 16.9. The fourth-order valence-electron chi connectivity index (χ4n) is 2.13. The fraction of sp³-hybridized carbons (Fsp3) is 0.111. The molecule has 0 atom stereocenters. The molecule has 2 aromatic carbocycles. The summed E-state index contributed by atoms with van der Waals surface area (Å²) in [6, 6.07) is 16.8. The zero-order chi connectivity index (χ0) is 17.5. The molecule has 2 rings (SSSR count). The van der Waals surface area contributed by atoms with Gasteiger partial charge in [-0.2, -0.15) is 5.26 Å². The number of nitro groups is 1. The number of non-ortho nitro benzene ring substituents is 1. The van der Waals surface area contributed by atoms with Crippen molar-refractivity contribution in [1.82, 2.24) is 5.32 Å². The monoisotopic (exact) mass is 321 g/mol. The maximum absolute atomic E-state index is 12.5. The van der Waals surface area contributed by atoms with E-state index in [-0.39, 0.29) is 16.8 Å². The van der Waals surface area contributed by atoms with Crippen molar-refractivity contribution in [3.8, 4) is 6.07 Å². The van der Waals surface area contributed by atoms with E-state index in [9.17, 15) is 20.2 Å². The summed E-state index contributed by atoms with van der Waals surface area (Å²) in [5, 5.41) is 23.2. The second kappa shape index (κ2) is 7.70. The highest BCUT2D eigenvalue weighted by Gasteiger charge is 2.17. The van der Waals surface area contributed by atoms with E-state index in [1.165, 1.54) is 24.3 Å². The van der Waals surface area contributed by atoms with Crippen molar-refractivity contribution in [2.75, 3.05) is 0 Å². The molecule has 0 aliphatic carbocycles. The molecule has 0 amide bonds. The molecule has 6 heteroatoms. The van der Waals surface area contributed by atoms with Gasteiger partial charge < -0.3 is 5.32 Å². The average Bonchev–Trinajstić information content (AvgIpc) is 2.61. The number of ketones is 1. The van der Waals surface area contributed by atoms with Crippen molar-refractivity contribution in [2.45, 2.75) is 13.5 Å². The van der Waals surface area contributed by atoms with Crippen LogP contribution in [0.3, 0.4) is 0 Å². The highest BCUT2D eigenvalue weighted by molar-refractivity contribution is 6.12. The van der Waals surface area contributed by atoms with Crippen LogP contribution in [0.2, 0.25) is 0 Å². The Kier molecular flexibility index (Phi) is 5.42. The van der Waals surface area contributed by atoms with Crippen LogP contribution in [0.4, 0.5) is 5.69 Å². The molecular weight excluding hydrogens is 306 g/mol. The minimum Gasteiger partial charge on any atom is -0.383 e. The van der Waals surface area contributed by atoms with Gasteiger partial charge in [-0.05, 0) is 12.5 Å². The van der Waals surface area contributed by atoms with E-state index in [0.717, 1.165) is 5.56 Å². The number of hydrogen-bond acceptors (Lipinski definition) is 5. The van der Waals surface area contributed by atoms with Crippen molar-refractivity contribution >= 4 is 11.5 Å². The molecule has 6 nitrogen and oxygen atoms in total. The lowest BCUT2D eigenvalue weighted by atomic mass is 10.0. The molecule has 0 saturated carbocycles. The van der Waals surface area contributed by atoms with Crippen molar-refractivity contribution < 1.29 is 9.72 Å². The van der Waals surface area contributed by atoms with Gasteiger partial charge in [-0.25, -0.2) is 0 Å². The number of nitriles is 1. The first-order chi connectivity index (χ1) is 11.5. The Morgan fingerprint density at radius 2 is 1.92 bits per heavy atom. The number of nitrogens with zero attached hydrogens (tertiary/aromatic N) is 2. The average molecular weight is 321 g/mol. The largest absolute Gasteiger partial charge is 0.383 e. The molecule has 0 radical (unpaired) electrons. The smallest absolute Gasteiger partial charge is 0.270 e. The first-order valence-electron chi connectivity index (χ1n) is 7.21. The second-order valence-electron chi connectivity index (χ2n) is 5.09. The highest BCUT2D eigenvalue weighted by atomic mass is 16.6. The Morgan fingerprint density at radius 1 is 1.21 bits per heavy atom. The zero-order valence-corrected chi connectivity index (χ0v) is 13.0. The summed E-state index contributed by atoms with van der Waals surface area (Å²) in [7, 11) is 0. The van der Waals surface area contributed by atoms with Crippen LogP contribution in [-0.4, -0.2) is 10.7 Å². The number of rotatable bonds is 6. The highest BCUT2D eigenvalue weighted by Crippen LogP contribution is 2.17. The summed E-state index contributed by atoms with van der Waals surface area (Å²) < 4.78 is 0. The maximum Gasteiger partial charge on any atom is 0.270 e. The Morgan fingerprint density at radius 3 is 2.54 bits per heavy atom. The molecule has 1 N–H and O–H groups in total. The minimum absolute atomic E-state index is 0.0635. The molecular formula is C18H15N3O3. The van der Waals surface area contributed by atoms with Crippen LogP contribution in [-0.2, 0) is 6.54 Å². The molecule has 0 fully saturated rings. The SMILES string of the molecule is C/C(NCc1ccccc1)=C(\C#N)C(=O)c1cccc([N+](=O)[O-])c1. The normalized spacial score (nSPS) is 11.2. The topological polar surface area (TPSA) is 96.0 Å². The number of allylic oxidation sites excluding steroid dienone is 2. The summed E-state index contributed by atoms with van der Waals surface area (Å²) in [4.78, 5) is 22.7. The van der Waals surface area contributed by atoms with Crippen LogP contribution in [0.25, 0.3) is 0 Å². The van der Waals surface area contributed by atoms with Crippen LogP contribution < -0.4 is 5.32 Å². The number of hydrogen-bond donors (Lipinski definition) is 1. The van der Waals surface area contributed by atoms with Crippen LogP contribution in [0.15, 0.2) is 65.9 Å². The lowest BCUT2D eigenvalue weighted by molar-refractivity contribution is -0.384. The van der Waals surface area contributed by atoms with Crippen molar-refractivity contribution in [3.63, 3.8) is 0 Å². The van der Waals surface area contributed by atoms with Gasteiger partial charge in [0, 0.05) is 29.9 Å². The minimum atomic E-state index is -0.576. The number of nitro benzene ring substituents is 1. The van der Waals surface area contributed by atoms with Gasteiger partial charge in [0.1, 0.15) is 11.6 Å². The Bertz CT molecular complexity index is 836. The van der Waals surface area contributed by atoms with Gasteiger partial charge in [0.2, 0.25) is 5.78 Å². The maximum atomic E-state index is 12.5. The summed E-state index contributed by atoms with van der Waals surface area (Å²) in [6.45, 7) is 2.11. The van der Waals surface area contributed by atoms with Crippen LogP contribution in [0.5, 0.6) is 0 Å². The number of Topliss-reactive ketones (excluding diaryl/α,β-unsaturated/α-hetero) is 1. The summed E-state index contributed by atoms with van der Waals surface area (Å²) in [5.74, 6) is -0.542. The predicted octanol–water partition coefficient (Wildman–Crippen LogP) is 3.36. The van der Waals surface area contributed by atoms with Gasteiger partial charge in [-0.3, -0.25) is 14.9 Å². The molecule has 0 heterocycles. The molecule has 2 aromatic rings. The van der Waals surface area contributed by atoms with Crippen LogP contribution in [0, 0.1) is 21.4 Å². The summed E-state index contributed by atoms with van der Waals surface area (Å²) >= 11 is 0. The van der Waals surface area contributed by atoms with Gasteiger partial charge in [0.15, 0.2) is 0 Å². The quantitative estimate of drug-likeness (QED) is 0.289. The van der Waals surface area contributed by atoms with Crippen molar-refractivity contribution in [1.29, 1.82) is 5.26 Å². The molecule has 0 bridgehead atoms. The Balaban J connectivity index is 2.22. The fourth-order valence-corrected chi connectivity index (χ4v) is 2.13. The zero-order valence-electron chi connectivity index (χ0n) is 13.0. The van der Waals surface area contributed by atoms with Crippen molar-refractivity contribution in [2.24, 2.45) is 0 Å². The van der Waals surface area contributed by atoms with Gasteiger partial charge >= 0.3 is 0 Å². The molecule has 0 aliphatic heterocycles. The van der Waals surface area contributed by atoms with Crippen molar-refractivity contribution in [3.05, 3.63) is 87.1 Å². The van der Waals surface area contributed by atoms with E-state index in [0.29, 0.717) is 12.2 Å². The van der Waals surface area contributed by atoms with Gasteiger partial charge in [-0.1, -0.05) is 42.5 Å². The third-order valence-electron chi connectivity index (χ3n) is 3.43. The lowest BCUT2D eigenvalue weighted by Gasteiger charge is -2.09. The van der Waals surface area contributed by atoms with E-state index in [4.69, 9.17) is 0 Å². The number of benzene rings is 2. The summed E-state index contributed by atoms with van der Waals surface area (Å²) in [6.07, 6.45) is 0. The summed E-state index contributed by atoms with van der Waals surface area (Å²) in [5.41, 5.74) is 1.30. The van der Waals surface area contributed by atoms with E-state index >= 15 is 0 Å². The predicted molar refractivity (Wildman–Crippen MR) is 89.0 cm³/mol. The van der Waals surface area contributed by atoms with E-state index in [2.05, 4.69) is 5.32 Å². The number of carbonyl (C=O) groups is 1. The molecule has 0 saturated heterocycles. The second-order valence-corrected chi connectivity index (χ2v) is 5.09. The number of carbonyl (C=O) groups excluding carboxylic acids is 1. The van der Waals surface area contributed by atoms with Gasteiger partial charge in [-0.15, -0.1) is 0 Å². The molecule has 24 heavy (non-hydrogen) atoms. The van der Waals surface area contributed by atoms with E-state index < -0.39 is 10.7 Å². The van der Waals surface area contributed by atoms with Crippen LogP contribution in [0.1, 0.15) is 22.8 Å². The third-order valence-corrected chi connectivity index (χ3v) is 3.43. The molecule has 120 valence electrons. The molecule has 0 unspecified atom stereocenters. The molecule has 0 aliphatic rings. The van der Waals surface area contributed by atoms with Gasteiger partial charge in [0.25, 0.3) is 5.69 Å². The Hall–Kier alpha value is -3.46. The van der Waals surface area contributed by atoms with E-state index in [1.807, 2.05) is 36.4 Å². The van der Waals surface area contributed by atoms with Crippen LogP contribution >= 0.6 is 0 Å².